The topological polar surface area (TPSA) is 57.5 Å². The Balaban J connectivity index is 0.00000508. The van der Waals surface area contributed by atoms with Gasteiger partial charge >= 0.3 is 0 Å². The molecule has 0 aliphatic heterocycles. The zero-order chi connectivity index (χ0) is 36.4. The normalized spacial score (nSPS) is 24.3. The number of hydrogen-bond acceptors (Lipinski definition) is 3. The van der Waals surface area contributed by atoms with E-state index in [1.54, 1.807) is 0 Å². The first-order chi connectivity index (χ1) is 22.0. The van der Waals surface area contributed by atoms with E-state index in [4.69, 9.17) is 0 Å². The average molecular weight is 643 g/mol. The van der Waals surface area contributed by atoms with Crippen LogP contribution in [0.5, 0.6) is 0 Å². The van der Waals surface area contributed by atoms with Gasteiger partial charge in [-0.15, -0.1) is 0 Å². The molecule has 3 heteroatoms. The number of allylic oxidation sites excluding steroid dienone is 20. The van der Waals surface area contributed by atoms with Crippen LogP contribution in [-0.2, 0) is 4.79 Å². The van der Waals surface area contributed by atoms with Crippen molar-refractivity contribution in [3.05, 3.63) is 130 Å². The molecule has 2 aliphatic rings. The quantitative estimate of drug-likeness (QED) is 0.184. The van der Waals surface area contributed by atoms with Gasteiger partial charge in [-0.05, 0) is 76.4 Å². The maximum absolute atomic E-state index is 12.2. The summed E-state index contributed by atoms with van der Waals surface area (Å²) in [4.78, 5) is 12.2. The summed E-state index contributed by atoms with van der Waals surface area (Å²) in [6.07, 6.45) is 31.2. The molecule has 3 unspecified atom stereocenters. The summed E-state index contributed by atoms with van der Waals surface area (Å²) >= 11 is 0. The monoisotopic (exact) mass is 643 g/mol. The summed E-state index contributed by atoms with van der Waals surface area (Å²) in [7, 11) is 0. The molecule has 2 aliphatic carbocycles. The van der Waals surface area contributed by atoms with Gasteiger partial charge in [-0.3, -0.25) is 4.79 Å². The van der Waals surface area contributed by atoms with Crippen molar-refractivity contribution in [1.82, 2.24) is 0 Å². The Kier molecular flexibility index (Phi) is 20.1. The second kappa shape index (κ2) is 21.6. The Labute approximate surface area is 289 Å². The molecule has 3 atom stereocenters. The summed E-state index contributed by atoms with van der Waals surface area (Å²) < 4.78 is 0. The summed E-state index contributed by atoms with van der Waals surface area (Å²) in [6, 6.07) is 0. The summed E-state index contributed by atoms with van der Waals surface area (Å²) in [5.74, 6) is 0.171. The fourth-order valence-corrected chi connectivity index (χ4v) is 5.89. The van der Waals surface area contributed by atoms with Gasteiger partial charge in [-0.25, -0.2) is 0 Å². The van der Waals surface area contributed by atoms with E-state index in [1.807, 2.05) is 78.0 Å². The summed E-state index contributed by atoms with van der Waals surface area (Å²) in [5, 5.41) is 20.1. The van der Waals surface area contributed by atoms with Crippen molar-refractivity contribution in [2.75, 3.05) is 0 Å². The Morgan fingerprint density at radius 1 is 0.702 bits per heavy atom. The minimum Gasteiger partial charge on any atom is -0.389 e. The second-order valence-corrected chi connectivity index (χ2v) is 13.6. The van der Waals surface area contributed by atoms with Crippen molar-refractivity contribution in [3.63, 3.8) is 0 Å². The van der Waals surface area contributed by atoms with Gasteiger partial charge in [-0.1, -0.05) is 174 Å². The van der Waals surface area contributed by atoms with Crippen molar-refractivity contribution < 1.29 is 15.0 Å². The van der Waals surface area contributed by atoms with Crippen LogP contribution >= 0.6 is 0 Å². The van der Waals surface area contributed by atoms with Crippen molar-refractivity contribution >= 4 is 5.78 Å². The number of aliphatic hydroxyl groups is 2. The van der Waals surface area contributed by atoms with Crippen LogP contribution in [0.3, 0.4) is 0 Å². The van der Waals surface area contributed by atoms with E-state index < -0.39 is 6.10 Å². The van der Waals surface area contributed by atoms with E-state index in [0.29, 0.717) is 17.9 Å². The van der Waals surface area contributed by atoms with E-state index in [-0.39, 0.29) is 22.7 Å². The van der Waals surface area contributed by atoms with E-state index in [0.717, 1.165) is 23.1 Å². The zero-order valence-electron chi connectivity index (χ0n) is 32.1. The molecule has 0 radical (unpaired) electrons. The minimum atomic E-state index is -0.898. The fraction of sp³-hybridized carbons (Fsp3) is 0.477. The maximum atomic E-state index is 12.2. The lowest BCUT2D eigenvalue weighted by Crippen LogP contribution is -2.35. The van der Waals surface area contributed by atoms with Crippen LogP contribution < -0.4 is 0 Å². The molecular weight excluding hydrogens is 576 g/mol. The lowest BCUT2D eigenvalue weighted by atomic mass is 9.67. The molecule has 0 saturated heterocycles. The molecule has 0 bridgehead atoms. The number of Topliss-reactive ketones (excluding diaryl/α,β-unsaturated/α-hetero) is 1. The number of rotatable bonds is 10. The van der Waals surface area contributed by atoms with Gasteiger partial charge in [0.15, 0.2) is 5.78 Å². The highest BCUT2D eigenvalue weighted by Crippen LogP contribution is 2.42. The highest BCUT2D eigenvalue weighted by molar-refractivity contribution is 6.00. The third kappa shape index (κ3) is 15.5. The molecular formula is C44H66O3. The molecule has 0 aromatic carbocycles. The highest BCUT2D eigenvalue weighted by Gasteiger charge is 2.37. The Morgan fingerprint density at radius 3 is 1.64 bits per heavy atom. The van der Waals surface area contributed by atoms with Gasteiger partial charge in [0.2, 0.25) is 0 Å². The smallest absolute Gasteiger partial charge is 0.187 e. The Bertz CT molecular complexity index is 1360. The third-order valence-electron chi connectivity index (χ3n) is 8.36. The van der Waals surface area contributed by atoms with Crippen molar-refractivity contribution in [3.8, 4) is 0 Å². The maximum Gasteiger partial charge on any atom is 0.187 e. The number of aliphatic hydroxyl groups excluding tert-OH is 2. The lowest BCUT2D eigenvalue weighted by Gasteiger charge is -2.38. The van der Waals surface area contributed by atoms with E-state index in [1.165, 1.54) is 16.7 Å². The summed E-state index contributed by atoms with van der Waals surface area (Å²) in [5.41, 5.74) is 7.29. The van der Waals surface area contributed by atoms with Crippen LogP contribution in [0.25, 0.3) is 0 Å². The molecule has 0 aromatic rings. The van der Waals surface area contributed by atoms with Crippen molar-refractivity contribution in [2.24, 2.45) is 16.7 Å². The number of ketones is 1. The number of carbonyl (C=O) groups excluding carboxylic acids is 1. The molecule has 47 heavy (non-hydrogen) atoms. The SMILES string of the molecule is CC.CC.CC1=CC(O)CC(C)(C)C1/C=C/C(C)=C/C=C/C(C)=C/C=C/C=C(C)/C=C/C=C(C)/C=C/C1=C(C)C(=O)C(O)CC1(C)C. The van der Waals surface area contributed by atoms with E-state index in [9.17, 15) is 15.0 Å². The average Bonchev–Trinajstić information content (AvgIpc) is 2.99. The molecule has 260 valence electrons. The number of carbonyl (C=O) groups is 1. The van der Waals surface area contributed by atoms with Gasteiger partial charge < -0.3 is 10.2 Å². The van der Waals surface area contributed by atoms with Gasteiger partial charge in [0.05, 0.1) is 6.10 Å². The minimum absolute atomic E-state index is 0.0473. The predicted molar refractivity (Wildman–Crippen MR) is 207 cm³/mol. The zero-order valence-corrected chi connectivity index (χ0v) is 32.1. The highest BCUT2D eigenvalue weighted by atomic mass is 16.3. The Morgan fingerprint density at radius 2 is 1.15 bits per heavy atom. The molecule has 0 aromatic heterocycles. The van der Waals surface area contributed by atoms with Crippen molar-refractivity contribution in [1.29, 1.82) is 0 Å². The van der Waals surface area contributed by atoms with Crippen LogP contribution in [0.1, 0.15) is 110 Å². The molecule has 0 spiro atoms. The van der Waals surface area contributed by atoms with Crippen molar-refractivity contribution in [2.45, 2.75) is 122 Å². The number of hydrogen-bond donors (Lipinski definition) is 2. The van der Waals surface area contributed by atoms with Crippen LogP contribution in [0, 0.1) is 16.7 Å². The first kappa shape index (κ1) is 43.7. The largest absolute Gasteiger partial charge is 0.389 e. The fourth-order valence-electron chi connectivity index (χ4n) is 5.89. The molecule has 2 N–H and O–H groups in total. The van der Waals surface area contributed by atoms with Gasteiger partial charge in [0.25, 0.3) is 0 Å². The summed E-state index contributed by atoms with van der Waals surface area (Å²) in [6.45, 7) is 28.8. The molecule has 0 amide bonds. The van der Waals surface area contributed by atoms with Gasteiger partial charge in [0.1, 0.15) is 6.10 Å². The first-order valence-corrected chi connectivity index (χ1v) is 17.4. The van der Waals surface area contributed by atoms with Gasteiger partial charge in [0, 0.05) is 5.92 Å². The van der Waals surface area contributed by atoms with Gasteiger partial charge in [-0.2, -0.15) is 0 Å². The molecule has 3 nitrogen and oxygen atoms in total. The lowest BCUT2D eigenvalue weighted by molar-refractivity contribution is -0.125. The van der Waals surface area contributed by atoms with E-state index in [2.05, 4.69) is 110 Å². The van der Waals surface area contributed by atoms with Crippen LogP contribution in [0.4, 0.5) is 0 Å². The molecule has 2 rings (SSSR count). The predicted octanol–water partition coefficient (Wildman–Crippen LogP) is 11.6. The molecule has 0 fully saturated rings. The second-order valence-electron chi connectivity index (χ2n) is 13.6. The standard InChI is InChI=1S/C40H54O3.2C2H6/c1-28(17-13-19-30(3)21-23-35-32(5)25-34(41)26-39(35,7)8)15-11-12-16-29(2)18-14-20-31(4)22-24-36-33(6)38(43)37(42)27-40(36,9)10;2*1-2/h11-25,34-35,37,41-42H,26-27H2,1-10H3;2*1-2H3/b12-11+,17-13+,18-14+,23-21+,24-22+,28-15+,29-16+,30-19+,31-20+;;. The van der Waals surface area contributed by atoms with Crippen LogP contribution in [0.2, 0.25) is 0 Å². The van der Waals surface area contributed by atoms with Crippen LogP contribution in [0.15, 0.2) is 130 Å². The Hall–Kier alpha value is -3.27. The third-order valence-corrected chi connectivity index (χ3v) is 8.36. The molecule has 0 heterocycles. The molecule has 0 saturated carbocycles. The first-order valence-electron chi connectivity index (χ1n) is 17.4. The van der Waals surface area contributed by atoms with Crippen LogP contribution in [-0.4, -0.2) is 28.2 Å². The van der Waals surface area contributed by atoms with E-state index >= 15 is 0 Å².